The molecule has 4 rings (SSSR count). The highest BCUT2D eigenvalue weighted by Crippen LogP contribution is 2.36. The second-order valence-electron chi connectivity index (χ2n) is 5.96. The van der Waals surface area contributed by atoms with Gasteiger partial charge < -0.3 is 0 Å². The van der Waals surface area contributed by atoms with E-state index in [1.165, 1.54) is 43.9 Å². The van der Waals surface area contributed by atoms with Gasteiger partial charge in [0.05, 0.1) is 0 Å². The predicted octanol–water partition coefficient (Wildman–Crippen LogP) is 5.42. The molecule has 0 aliphatic heterocycles. The van der Waals surface area contributed by atoms with Gasteiger partial charge in [-0.05, 0) is 43.9 Å². The molecule has 0 atom stereocenters. The van der Waals surface area contributed by atoms with Gasteiger partial charge in [0.1, 0.15) is 0 Å². The lowest BCUT2D eigenvalue weighted by molar-refractivity contribution is 1.40. The number of rotatable bonds is 2. The predicted molar refractivity (Wildman–Crippen MR) is 91.3 cm³/mol. The summed E-state index contributed by atoms with van der Waals surface area (Å²) in [4.78, 5) is 0. The fourth-order valence-corrected chi connectivity index (χ4v) is 4.40. The Balaban J connectivity index is 2.20. The van der Waals surface area contributed by atoms with Crippen molar-refractivity contribution < 1.29 is 0 Å². The third-order valence-corrected chi connectivity index (χ3v) is 5.25. The van der Waals surface area contributed by atoms with E-state index < -0.39 is 0 Å². The molecule has 1 heteroatoms. The van der Waals surface area contributed by atoms with Crippen LogP contribution < -0.4 is 0 Å². The monoisotopic (exact) mass is 273 g/mol. The minimum atomic E-state index is -0.253. The van der Waals surface area contributed by atoms with Crippen molar-refractivity contribution in [1.82, 2.24) is 0 Å². The Kier molecular flexibility index (Phi) is 2.58. The molecule has 0 fully saturated rings. The van der Waals surface area contributed by atoms with E-state index in [2.05, 4.69) is 67.7 Å². The number of hydrogen-bond acceptors (Lipinski definition) is 0. The third kappa shape index (κ3) is 1.66. The Morgan fingerprint density at radius 3 is 2.00 bits per heavy atom. The topological polar surface area (TPSA) is 0 Å². The molecule has 1 radical (unpaired) electrons. The molecular weight excluding hydrogens is 256 g/mol. The summed E-state index contributed by atoms with van der Waals surface area (Å²) in [7, 11) is -0.253. The van der Waals surface area contributed by atoms with Gasteiger partial charge in [0.2, 0.25) is 0 Å². The fourth-order valence-electron chi connectivity index (χ4n) is 3.33. The molecule has 0 aliphatic carbocycles. The van der Waals surface area contributed by atoms with Crippen LogP contribution in [0.15, 0.2) is 54.6 Å². The lowest BCUT2D eigenvalue weighted by Crippen LogP contribution is -2.05. The SMILES string of the molecule is C[Si](C)Cc1ccc2ccc3cccc4ccc1c2c34. The average Bonchev–Trinajstić information content (AvgIpc) is 2.46. The highest BCUT2D eigenvalue weighted by Gasteiger charge is 2.11. The van der Waals surface area contributed by atoms with Crippen molar-refractivity contribution in [3.63, 3.8) is 0 Å². The van der Waals surface area contributed by atoms with E-state index in [0.717, 1.165) is 0 Å². The van der Waals surface area contributed by atoms with E-state index in [-0.39, 0.29) is 8.80 Å². The van der Waals surface area contributed by atoms with Gasteiger partial charge in [0.15, 0.2) is 0 Å². The summed E-state index contributed by atoms with van der Waals surface area (Å²) < 4.78 is 0. The van der Waals surface area contributed by atoms with Crippen molar-refractivity contribution in [2.45, 2.75) is 19.1 Å². The van der Waals surface area contributed by atoms with E-state index in [9.17, 15) is 0 Å². The molecule has 0 bridgehead atoms. The van der Waals surface area contributed by atoms with Gasteiger partial charge in [-0.15, -0.1) is 0 Å². The Morgan fingerprint density at radius 1 is 0.700 bits per heavy atom. The number of hydrogen-bond donors (Lipinski definition) is 0. The molecule has 97 valence electrons. The Bertz CT molecular complexity index is 890. The Morgan fingerprint density at radius 2 is 1.30 bits per heavy atom. The zero-order chi connectivity index (χ0) is 13.7. The minimum Gasteiger partial charge on any atom is -0.0710 e. The molecule has 4 aromatic rings. The maximum atomic E-state index is 2.39. The smallest absolute Gasteiger partial charge is 0.0460 e. The standard InChI is InChI=1S/C19H17Si/c1-20(2)12-16-9-8-15-7-6-13-4-3-5-14-10-11-17(16)19(15)18(13)14/h3-11H,12H2,1-2H3. The lowest BCUT2D eigenvalue weighted by Gasteiger charge is -2.14. The van der Waals surface area contributed by atoms with Crippen LogP contribution in [0.2, 0.25) is 13.1 Å². The van der Waals surface area contributed by atoms with Crippen LogP contribution in [0.25, 0.3) is 32.3 Å². The van der Waals surface area contributed by atoms with Gasteiger partial charge in [0, 0.05) is 8.80 Å². The average molecular weight is 273 g/mol. The zero-order valence-electron chi connectivity index (χ0n) is 11.9. The van der Waals surface area contributed by atoms with E-state index >= 15 is 0 Å². The third-order valence-electron chi connectivity index (χ3n) is 4.16. The molecule has 0 amide bonds. The van der Waals surface area contributed by atoms with E-state index in [1.54, 1.807) is 0 Å². The highest BCUT2D eigenvalue weighted by molar-refractivity contribution is 6.55. The van der Waals surface area contributed by atoms with Crippen molar-refractivity contribution >= 4 is 41.1 Å². The first-order chi connectivity index (χ1) is 9.74. The van der Waals surface area contributed by atoms with Crippen LogP contribution >= 0.6 is 0 Å². The molecule has 4 aromatic carbocycles. The van der Waals surface area contributed by atoms with Gasteiger partial charge >= 0.3 is 0 Å². The van der Waals surface area contributed by atoms with Crippen molar-refractivity contribution in [2.24, 2.45) is 0 Å². The zero-order valence-corrected chi connectivity index (χ0v) is 12.9. The minimum absolute atomic E-state index is 0.253. The van der Waals surface area contributed by atoms with E-state index in [4.69, 9.17) is 0 Å². The molecule has 0 unspecified atom stereocenters. The van der Waals surface area contributed by atoms with Crippen molar-refractivity contribution in [3.05, 3.63) is 60.2 Å². The molecule has 0 heterocycles. The fraction of sp³-hybridized carbons (Fsp3) is 0.158. The first-order valence-electron chi connectivity index (χ1n) is 7.18. The number of benzene rings is 4. The van der Waals surface area contributed by atoms with Crippen LogP contribution in [-0.2, 0) is 6.04 Å². The van der Waals surface area contributed by atoms with Gasteiger partial charge in [0.25, 0.3) is 0 Å². The Hall–Kier alpha value is -1.86. The van der Waals surface area contributed by atoms with Gasteiger partial charge in [-0.25, -0.2) is 0 Å². The highest BCUT2D eigenvalue weighted by atomic mass is 28.3. The summed E-state index contributed by atoms with van der Waals surface area (Å²) in [6.45, 7) is 4.78. The maximum absolute atomic E-state index is 2.39. The molecule has 0 aromatic heterocycles. The van der Waals surface area contributed by atoms with Gasteiger partial charge in [-0.3, -0.25) is 0 Å². The lowest BCUT2D eigenvalue weighted by atomic mass is 9.92. The van der Waals surface area contributed by atoms with E-state index in [1.807, 2.05) is 0 Å². The second-order valence-corrected chi connectivity index (χ2v) is 8.73. The molecule has 0 nitrogen and oxygen atoms in total. The van der Waals surface area contributed by atoms with E-state index in [0.29, 0.717) is 0 Å². The van der Waals surface area contributed by atoms with Crippen LogP contribution in [0.4, 0.5) is 0 Å². The summed E-state index contributed by atoms with van der Waals surface area (Å²) in [6, 6.07) is 21.6. The summed E-state index contributed by atoms with van der Waals surface area (Å²) >= 11 is 0. The van der Waals surface area contributed by atoms with Crippen LogP contribution in [0.5, 0.6) is 0 Å². The molecule has 0 saturated carbocycles. The first-order valence-corrected chi connectivity index (χ1v) is 9.89. The Labute approximate surface area is 121 Å². The van der Waals surface area contributed by atoms with Crippen LogP contribution in [-0.4, -0.2) is 8.80 Å². The second kappa shape index (κ2) is 4.32. The van der Waals surface area contributed by atoms with Gasteiger partial charge in [-0.1, -0.05) is 67.7 Å². The van der Waals surface area contributed by atoms with Crippen LogP contribution in [0.1, 0.15) is 5.56 Å². The molecule has 0 spiro atoms. The summed E-state index contributed by atoms with van der Waals surface area (Å²) in [5.41, 5.74) is 1.52. The van der Waals surface area contributed by atoms with Crippen LogP contribution in [0, 0.1) is 0 Å². The van der Waals surface area contributed by atoms with Crippen molar-refractivity contribution in [2.75, 3.05) is 0 Å². The summed E-state index contributed by atoms with van der Waals surface area (Å²) in [5, 5.41) is 8.44. The molecule has 0 saturated heterocycles. The van der Waals surface area contributed by atoms with Crippen molar-refractivity contribution in [1.29, 1.82) is 0 Å². The summed E-state index contributed by atoms with van der Waals surface area (Å²) in [5.74, 6) is 0. The molecule has 0 N–H and O–H groups in total. The summed E-state index contributed by atoms with van der Waals surface area (Å²) in [6.07, 6.45) is 0. The molecule has 20 heavy (non-hydrogen) atoms. The first kappa shape index (κ1) is 11.9. The molecule has 0 aliphatic rings. The van der Waals surface area contributed by atoms with Crippen molar-refractivity contribution in [3.8, 4) is 0 Å². The largest absolute Gasteiger partial charge is 0.0710 e. The normalized spacial score (nSPS) is 12.2. The maximum Gasteiger partial charge on any atom is 0.0460 e. The quantitative estimate of drug-likeness (QED) is 0.338. The van der Waals surface area contributed by atoms with Crippen LogP contribution in [0.3, 0.4) is 0 Å². The molecular formula is C19H17Si. The van der Waals surface area contributed by atoms with Gasteiger partial charge in [-0.2, -0.15) is 0 Å².